The Balaban J connectivity index is 1.37. The van der Waals surface area contributed by atoms with Crippen molar-refractivity contribution in [1.29, 1.82) is 0 Å². The molecule has 0 bridgehead atoms. The summed E-state index contributed by atoms with van der Waals surface area (Å²) in [6.07, 6.45) is 5.74. The molecule has 8 nitrogen and oxygen atoms in total. The SMILES string of the molecule is CCn1ncc2cc(C(=O)NC3CC(N(CC(=O)O)CC4CC4)C3)c(C)nc21. The number of carboxylic acids is 1. The van der Waals surface area contributed by atoms with E-state index in [0.29, 0.717) is 17.2 Å². The Labute approximate surface area is 163 Å². The maximum atomic E-state index is 12.7. The van der Waals surface area contributed by atoms with Crippen molar-refractivity contribution in [3.8, 4) is 0 Å². The molecule has 28 heavy (non-hydrogen) atoms. The van der Waals surface area contributed by atoms with E-state index in [1.54, 1.807) is 6.20 Å². The molecule has 0 unspecified atom stereocenters. The molecule has 150 valence electrons. The Morgan fingerprint density at radius 3 is 2.75 bits per heavy atom. The number of hydrogen-bond donors (Lipinski definition) is 2. The topological polar surface area (TPSA) is 100 Å². The summed E-state index contributed by atoms with van der Waals surface area (Å²) in [6, 6.07) is 2.18. The van der Waals surface area contributed by atoms with Gasteiger partial charge < -0.3 is 10.4 Å². The van der Waals surface area contributed by atoms with Crippen molar-refractivity contribution < 1.29 is 14.7 Å². The molecule has 1 amide bonds. The van der Waals surface area contributed by atoms with Crippen LogP contribution < -0.4 is 5.32 Å². The van der Waals surface area contributed by atoms with Gasteiger partial charge in [0.2, 0.25) is 0 Å². The Kier molecular flexibility index (Phi) is 5.05. The second kappa shape index (κ2) is 7.50. The number of pyridine rings is 1. The van der Waals surface area contributed by atoms with E-state index in [4.69, 9.17) is 5.11 Å². The summed E-state index contributed by atoms with van der Waals surface area (Å²) in [5.74, 6) is -0.250. The van der Waals surface area contributed by atoms with Gasteiger partial charge in [0, 0.05) is 30.6 Å². The van der Waals surface area contributed by atoms with Gasteiger partial charge in [-0.3, -0.25) is 14.5 Å². The van der Waals surface area contributed by atoms with Gasteiger partial charge in [-0.15, -0.1) is 0 Å². The van der Waals surface area contributed by atoms with Crippen LogP contribution >= 0.6 is 0 Å². The Morgan fingerprint density at radius 1 is 1.36 bits per heavy atom. The molecule has 8 heteroatoms. The van der Waals surface area contributed by atoms with Crippen LogP contribution in [0.25, 0.3) is 11.0 Å². The summed E-state index contributed by atoms with van der Waals surface area (Å²) in [4.78, 5) is 30.5. The van der Waals surface area contributed by atoms with Crippen LogP contribution in [0.5, 0.6) is 0 Å². The van der Waals surface area contributed by atoms with Gasteiger partial charge in [0.15, 0.2) is 5.65 Å². The van der Waals surface area contributed by atoms with Gasteiger partial charge in [0.25, 0.3) is 5.91 Å². The smallest absolute Gasteiger partial charge is 0.317 e. The average molecular weight is 385 g/mol. The fraction of sp³-hybridized carbons (Fsp3) is 0.600. The molecule has 2 aromatic heterocycles. The van der Waals surface area contributed by atoms with Gasteiger partial charge in [-0.2, -0.15) is 5.10 Å². The first-order chi connectivity index (χ1) is 13.4. The molecule has 4 rings (SSSR count). The lowest BCUT2D eigenvalue weighted by Crippen LogP contribution is -2.55. The van der Waals surface area contributed by atoms with E-state index in [-0.39, 0.29) is 24.5 Å². The van der Waals surface area contributed by atoms with Crippen molar-refractivity contribution in [3.05, 3.63) is 23.5 Å². The largest absolute Gasteiger partial charge is 0.480 e. The summed E-state index contributed by atoms with van der Waals surface area (Å²) < 4.78 is 1.82. The van der Waals surface area contributed by atoms with E-state index in [1.165, 1.54) is 12.8 Å². The molecule has 2 aliphatic carbocycles. The van der Waals surface area contributed by atoms with Gasteiger partial charge in [-0.1, -0.05) is 0 Å². The van der Waals surface area contributed by atoms with Gasteiger partial charge >= 0.3 is 5.97 Å². The third kappa shape index (κ3) is 3.87. The molecule has 2 heterocycles. The number of carboxylic acid groups (broad SMARTS) is 1. The van der Waals surface area contributed by atoms with Gasteiger partial charge in [-0.25, -0.2) is 9.67 Å². The summed E-state index contributed by atoms with van der Waals surface area (Å²) in [5.41, 5.74) is 2.06. The summed E-state index contributed by atoms with van der Waals surface area (Å²) in [7, 11) is 0. The molecule has 0 aliphatic heterocycles. The Bertz CT molecular complexity index is 899. The van der Waals surface area contributed by atoms with Crippen LogP contribution in [0.2, 0.25) is 0 Å². The van der Waals surface area contributed by atoms with E-state index in [2.05, 4.69) is 20.3 Å². The fourth-order valence-corrected chi connectivity index (χ4v) is 3.97. The number of aryl methyl sites for hydroxylation is 2. The van der Waals surface area contributed by atoms with Crippen molar-refractivity contribution in [2.24, 2.45) is 5.92 Å². The summed E-state index contributed by atoms with van der Waals surface area (Å²) in [5, 5.41) is 17.4. The van der Waals surface area contributed by atoms with Crippen LogP contribution in [-0.4, -0.2) is 61.8 Å². The minimum atomic E-state index is -0.782. The van der Waals surface area contributed by atoms with Gasteiger partial charge in [0.1, 0.15) is 0 Å². The van der Waals surface area contributed by atoms with Crippen LogP contribution in [0.3, 0.4) is 0 Å². The number of nitrogens with one attached hydrogen (secondary N) is 1. The van der Waals surface area contributed by atoms with Crippen LogP contribution in [0.1, 0.15) is 48.7 Å². The first-order valence-corrected chi connectivity index (χ1v) is 10.0. The van der Waals surface area contributed by atoms with Crippen LogP contribution in [0.4, 0.5) is 0 Å². The number of nitrogens with zero attached hydrogens (tertiary/aromatic N) is 4. The number of amides is 1. The van der Waals surface area contributed by atoms with Crippen LogP contribution in [-0.2, 0) is 11.3 Å². The molecular formula is C20H27N5O3. The molecule has 2 aromatic rings. The number of aromatic nitrogens is 3. The van der Waals surface area contributed by atoms with Crippen LogP contribution in [0, 0.1) is 12.8 Å². The van der Waals surface area contributed by atoms with E-state index >= 15 is 0 Å². The first-order valence-electron chi connectivity index (χ1n) is 10.0. The molecule has 2 N–H and O–H groups in total. The maximum absolute atomic E-state index is 12.7. The van der Waals surface area contributed by atoms with E-state index in [0.717, 1.165) is 37.0 Å². The van der Waals surface area contributed by atoms with E-state index in [9.17, 15) is 9.59 Å². The molecule has 2 saturated carbocycles. The third-order valence-electron chi connectivity index (χ3n) is 5.84. The van der Waals surface area contributed by atoms with Gasteiger partial charge in [0.05, 0.1) is 24.0 Å². The third-order valence-corrected chi connectivity index (χ3v) is 5.84. The molecule has 0 radical (unpaired) electrons. The standard InChI is InChI=1S/C20H27N5O3/c1-3-25-19-14(9-21-25)6-17(12(2)22-19)20(28)23-15-7-16(8-15)24(11-18(26)27)10-13-4-5-13/h6,9,13,15-16H,3-5,7-8,10-11H2,1-2H3,(H,23,28)(H,26,27). The second-order valence-electron chi connectivity index (χ2n) is 8.06. The summed E-state index contributed by atoms with van der Waals surface area (Å²) in [6.45, 7) is 5.53. The number of hydrogen-bond acceptors (Lipinski definition) is 5. The molecular weight excluding hydrogens is 358 g/mol. The highest BCUT2D eigenvalue weighted by molar-refractivity contribution is 5.98. The highest BCUT2D eigenvalue weighted by atomic mass is 16.4. The second-order valence-corrected chi connectivity index (χ2v) is 8.06. The Morgan fingerprint density at radius 2 is 2.11 bits per heavy atom. The predicted molar refractivity (Wildman–Crippen MR) is 104 cm³/mol. The van der Waals surface area contributed by atoms with Crippen molar-refractivity contribution in [1.82, 2.24) is 25.0 Å². The van der Waals surface area contributed by atoms with Crippen molar-refractivity contribution in [3.63, 3.8) is 0 Å². The number of fused-ring (bicyclic) bond motifs is 1. The molecule has 0 aromatic carbocycles. The van der Waals surface area contributed by atoms with Gasteiger partial charge in [-0.05, 0) is 51.5 Å². The Hall–Kier alpha value is -2.48. The highest BCUT2D eigenvalue weighted by Crippen LogP contribution is 2.34. The lowest BCUT2D eigenvalue weighted by Gasteiger charge is -2.42. The molecule has 2 fully saturated rings. The quantitative estimate of drug-likeness (QED) is 0.719. The molecule has 2 aliphatic rings. The maximum Gasteiger partial charge on any atom is 0.317 e. The first kappa shape index (κ1) is 18.9. The number of carbonyl (C=O) groups excluding carboxylic acids is 1. The zero-order chi connectivity index (χ0) is 19.8. The molecule has 0 saturated heterocycles. The number of aliphatic carboxylic acids is 1. The van der Waals surface area contributed by atoms with E-state index in [1.807, 2.05) is 24.6 Å². The van der Waals surface area contributed by atoms with Crippen molar-refractivity contribution >= 4 is 22.9 Å². The average Bonchev–Trinajstić information content (AvgIpc) is 3.33. The predicted octanol–water partition coefficient (Wildman–Crippen LogP) is 1.82. The zero-order valence-corrected chi connectivity index (χ0v) is 16.4. The van der Waals surface area contributed by atoms with Crippen LogP contribution in [0.15, 0.2) is 12.3 Å². The normalized spacial score (nSPS) is 21.7. The number of rotatable bonds is 8. The zero-order valence-electron chi connectivity index (χ0n) is 16.4. The molecule has 0 spiro atoms. The summed E-state index contributed by atoms with van der Waals surface area (Å²) >= 11 is 0. The number of carbonyl (C=O) groups is 2. The lowest BCUT2D eigenvalue weighted by atomic mass is 9.85. The minimum absolute atomic E-state index is 0.0847. The minimum Gasteiger partial charge on any atom is -0.480 e. The fourth-order valence-electron chi connectivity index (χ4n) is 3.97. The van der Waals surface area contributed by atoms with Crippen molar-refractivity contribution in [2.75, 3.05) is 13.1 Å². The molecule has 0 atom stereocenters. The monoisotopic (exact) mass is 385 g/mol. The van der Waals surface area contributed by atoms with Crippen molar-refractivity contribution in [2.45, 2.75) is 58.2 Å². The van der Waals surface area contributed by atoms with E-state index < -0.39 is 5.97 Å². The highest BCUT2D eigenvalue weighted by Gasteiger charge is 2.38. The lowest BCUT2D eigenvalue weighted by molar-refractivity contribution is -0.139.